The van der Waals surface area contributed by atoms with E-state index in [1.165, 1.54) is 25.3 Å². The average Bonchev–Trinajstić information content (AvgIpc) is 3.20. The molecule has 1 aliphatic rings. The van der Waals surface area contributed by atoms with Gasteiger partial charge in [0.1, 0.15) is 22.8 Å². The van der Waals surface area contributed by atoms with Gasteiger partial charge in [-0.3, -0.25) is 9.59 Å². The molecular weight excluding hydrogens is 465 g/mol. The quantitative estimate of drug-likeness (QED) is 0.366. The van der Waals surface area contributed by atoms with Gasteiger partial charge in [0, 0.05) is 10.9 Å². The summed E-state index contributed by atoms with van der Waals surface area (Å²) < 4.78 is 30.3. The Morgan fingerprint density at radius 2 is 1.78 bits per heavy atom. The lowest BCUT2D eigenvalue weighted by Crippen LogP contribution is -2.36. The number of aryl methyl sites for hydroxylation is 1. The largest absolute Gasteiger partial charge is 0.482 e. The van der Waals surface area contributed by atoms with Crippen LogP contribution >= 0.6 is 0 Å². The van der Waals surface area contributed by atoms with E-state index in [0.717, 1.165) is 0 Å². The van der Waals surface area contributed by atoms with Gasteiger partial charge in [-0.1, -0.05) is 24.3 Å². The van der Waals surface area contributed by atoms with E-state index in [1.54, 1.807) is 56.3 Å². The Morgan fingerprint density at radius 3 is 2.50 bits per heavy atom. The molecule has 0 spiro atoms. The number of Topliss-reactive ketones (excluding diaryl/α,β-unsaturated/α-hetero) is 1. The van der Waals surface area contributed by atoms with E-state index in [4.69, 9.17) is 13.9 Å². The Labute approximate surface area is 205 Å². The summed E-state index contributed by atoms with van der Waals surface area (Å²) >= 11 is 0. The average molecular weight is 487 g/mol. The minimum absolute atomic E-state index is 0.0118. The van der Waals surface area contributed by atoms with Crippen molar-refractivity contribution in [3.05, 3.63) is 94.5 Å². The Kier molecular flexibility index (Phi) is 5.59. The fraction of sp³-hybridized carbons (Fsp3) is 0.179. The van der Waals surface area contributed by atoms with Crippen molar-refractivity contribution in [3.63, 3.8) is 0 Å². The zero-order valence-electron chi connectivity index (χ0n) is 19.8. The Balaban J connectivity index is 1.52. The molecular formula is C28H22FNO6. The molecule has 1 aromatic heterocycles. The number of anilines is 1. The highest BCUT2D eigenvalue weighted by molar-refractivity contribution is 6.15. The second-order valence-corrected chi connectivity index (χ2v) is 8.80. The lowest BCUT2D eigenvalue weighted by Gasteiger charge is -2.35. The number of carbonyl (C=O) groups excluding carboxylic acids is 3. The Morgan fingerprint density at radius 1 is 1.06 bits per heavy atom. The van der Waals surface area contributed by atoms with E-state index >= 15 is 0 Å². The first-order valence-corrected chi connectivity index (χ1v) is 11.2. The molecule has 182 valence electrons. The van der Waals surface area contributed by atoms with Crippen molar-refractivity contribution in [1.29, 1.82) is 0 Å². The van der Waals surface area contributed by atoms with Crippen LogP contribution in [-0.4, -0.2) is 24.8 Å². The number of hydrogen-bond donors (Lipinski definition) is 1. The van der Waals surface area contributed by atoms with Gasteiger partial charge in [-0.05, 0) is 55.8 Å². The second kappa shape index (κ2) is 8.64. The Bertz CT molecular complexity index is 1540. The van der Waals surface area contributed by atoms with E-state index in [0.29, 0.717) is 33.4 Å². The third kappa shape index (κ3) is 3.80. The summed E-state index contributed by atoms with van der Waals surface area (Å²) in [6, 6.07) is 15.6. The second-order valence-electron chi connectivity index (χ2n) is 8.80. The molecule has 0 fully saturated rings. The third-order valence-corrected chi connectivity index (χ3v) is 6.41. The lowest BCUT2D eigenvalue weighted by atomic mass is 9.84. The summed E-state index contributed by atoms with van der Waals surface area (Å²) in [5, 5.41) is 3.18. The number of fused-ring (bicyclic) bond motifs is 3. The molecule has 0 saturated heterocycles. The molecule has 3 aromatic carbocycles. The number of esters is 1. The van der Waals surface area contributed by atoms with Crippen LogP contribution in [0.3, 0.4) is 0 Å². The van der Waals surface area contributed by atoms with Gasteiger partial charge in [-0.2, -0.15) is 0 Å². The predicted octanol–water partition coefficient (Wildman–Crippen LogP) is 5.80. The molecule has 36 heavy (non-hydrogen) atoms. The van der Waals surface area contributed by atoms with E-state index < -0.39 is 17.5 Å². The smallest absolute Gasteiger partial charge is 0.339 e. The first-order chi connectivity index (χ1) is 17.2. The summed E-state index contributed by atoms with van der Waals surface area (Å²) in [5.74, 6) is -1.35. The molecule has 0 bridgehead atoms. The highest BCUT2D eigenvalue weighted by Gasteiger charge is 2.40. The number of furan rings is 1. The lowest BCUT2D eigenvalue weighted by molar-refractivity contribution is 0.0506. The molecule has 1 amide bonds. The third-order valence-electron chi connectivity index (χ3n) is 6.41. The maximum absolute atomic E-state index is 13.4. The number of nitrogens with one attached hydrogen (secondary N) is 1. The van der Waals surface area contributed by atoms with Crippen LogP contribution in [0.2, 0.25) is 0 Å². The first-order valence-electron chi connectivity index (χ1n) is 11.2. The zero-order valence-corrected chi connectivity index (χ0v) is 19.8. The number of amides is 1. The minimum atomic E-state index is -0.971. The summed E-state index contributed by atoms with van der Waals surface area (Å²) in [5.41, 5.74) is 1.34. The molecule has 0 aliphatic carbocycles. The number of hydrogen-bond acceptors (Lipinski definition) is 6. The van der Waals surface area contributed by atoms with Gasteiger partial charge in [0.2, 0.25) is 0 Å². The SMILES string of the molecule is COC(=O)c1ccccc1NC(=O)c1oc2ccc3c(c2c1C)C(=O)CC(C)(c1ccc(F)cc1)O3. The van der Waals surface area contributed by atoms with Gasteiger partial charge < -0.3 is 19.2 Å². The number of methoxy groups -OCH3 is 1. The molecule has 5 rings (SSSR count). The van der Waals surface area contributed by atoms with Crippen LogP contribution in [0.15, 0.2) is 65.1 Å². The fourth-order valence-electron chi connectivity index (χ4n) is 4.60. The molecule has 1 atom stereocenters. The van der Waals surface area contributed by atoms with E-state index in [-0.39, 0.29) is 35.0 Å². The molecule has 1 aliphatic heterocycles. The Hall–Kier alpha value is -4.46. The van der Waals surface area contributed by atoms with Crippen molar-refractivity contribution < 1.29 is 32.7 Å². The maximum Gasteiger partial charge on any atom is 0.339 e. The highest BCUT2D eigenvalue weighted by Crippen LogP contribution is 2.44. The van der Waals surface area contributed by atoms with Crippen molar-refractivity contribution >= 4 is 34.3 Å². The molecule has 4 aromatic rings. The molecule has 1 N–H and O–H groups in total. The molecule has 2 heterocycles. The molecule has 1 unspecified atom stereocenters. The fourth-order valence-corrected chi connectivity index (χ4v) is 4.60. The van der Waals surface area contributed by atoms with Gasteiger partial charge in [0.05, 0.1) is 30.3 Å². The molecule has 8 heteroatoms. The predicted molar refractivity (Wildman–Crippen MR) is 130 cm³/mol. The van der Waals surface area contributed by atoms with Gasteiger partial charge in [0.25, 0.3) is 5.91 Å². The number of ketones is 1. The topological polar surface area (TPSA) is 94.8 Å². The van der Waals surface area contributed by atoms with Crippen LogP contribution in [0, 0.1) is 12.7 Å². The van der Waals surface area contributed by atoms with Gasteiger partial charge in [-0.25, -0.2) is 9.18 Å². The van der Waals surface area contributed by atoms with Crippen LogP contribution in [0.25, 0.3) is 11.0 Å². The monoisotopic (exact) mass is 487 g/mol. The number of rotatable bonds is 4. The zero-order chi connectivity index (χ0) is 25.6. The molecule has 0 saturated carbocycles. The van der Waals surface area contributed by atoms with Crippen LogP contribution in [0.5, 0.6) is 5.75 Å². The van der Waals surface area contributed by atoms with Gasteiger partial charge in [-0.15, -0.1) is 0 Å². The van der Waals surface area contributed by atoms with Crippen LogP contribution < -0.4 is 10.1 Å². The van der Waals surface area contributed by atoms with Crippen molar-refractivity contribution in [2.75, 3.05) is 12.4 Å². The van der Waals surface area contributed by atoms with E-state index in [9.17, 15) is 18.8 Å². The van der Waals surface area contributed by atoms with Gasteiger partial charge in [0.15, 0.2) is 11.5 Å². The number of ether oxygens (including phenoxy) is 2. The van der Waals surface area contributed by atoms with Crippen molar-refractivity contribution in [2.24, 2.45) is 0 Å². The summed E-state index contributed by atoms with van der Waals surface area (Å²) in [4.78, 5) is 38.6. The van der Waals surface area contributed by atoms with Crippen molar-refractivity contribution in [2.45, 2.75) is 25.9 Å². The minimum Gasteiger partial charge on any atom is -0.482 e. The summed E-state index contributed by atoms with van der Waals surface area (Å²) in [6.45, 7) is 3.47. The number of benzene rings is 3. The summed E-state index contributed by atoms with van der Waals surface area (Å²) in [7, 11) is 1.26. The van der Waals surface area contributed by atoms with Crippen LogP contribution in [0.4, 0.5) is 10.1 Å². The maximum atomic E-state index is 13.4. The van der Waals surface area contributed by atoms with E-state index in [1.807, 2.05) is 0 Å². The van der Waals surface area contributed by atoms with Crippen LogP contribution in [-0.2, 0) is 10.3 Å². The highest BCUT2D eigenvalue weighted by atomic mass is 19.1. The van der Waals surface area contributed by atoms with Crippen LogP contribution in [0.1, 0.15) is 55.7 Å². The summed E-state index contributed by atoms with van der Waals surface area (Å²) in [6.07, 6.45) is 0.0312. The van der Waals surface area contributed by atoms with E-state index in [2.05, 4.69) is 5.32 Å². The molecule has 7 nitrogen and oxygen atoms in total. The standard InChI is InChI=1S/C28H22FNO6/c1-15-23-21(35-25(15)26(32)30-19-7-5-4-6-18(19)27(33)34-3)12-13-22-24(23)20(31)14-28(2,36-22)16-8-10-17(29)11-9-16/h4-13H,14H2,1-3H3,(H,30,32). The molecule has 0 radical (unpaired) electrons. The van der Waals surface area contributed by atoms with Gasteiger partial charge >= 0.3 is 5.97 Å². The first kappa shape index (κ1) is 23.3. The number of para-hydroxylation sites is 1. The van der Waals surface area contributed by atoms with Crippen molar-refractivity contribution in [1.82, 2.24) is 0 Å². The normalized spacial score (nSPS) is 16.8. The number of halogens is 1. The van der Waals surface area contributed by atoms with Crippen molar-refractivity contribution in [3.8, 4) is 5.75 Å². The number of carbonyl (C=O) groups is 3.